The Morgan fingerprint density at radius 2 is 1.54 bits per heavy atom. The van der Waals surface area contributed by atoms with Gasteiger partial charge >= 0.3 is 0 Å². The third kappa shape index (κ3) is 5.59. The molecule has 0 saturated carbocycles. The zero-order valence-corrected chi connectivity index (χ0v) is 31.7. The minimum Gasteiger partial charge on any atom is -0.380 e. The van der Waals surface area contributed by atoms with Crippen molar-refractivity contribution in [3.05, 3.63) is 186 Å². The molecule has 2 N–H and O–H groups in total. The van der Waals surface area contributed by atoms with Crippen molar-refractivity contribution in [3.8, 4) is 0 Å². The quantitative estimate of drug-likeness (QED) is 0.178. The van der Waals surface area contributed by atoms with Gasteiger partial charge in [-0.3, -0.25) is 0 Å². The first kappa shape index (κ1) is 32.9. The monoisotopic (exact) mass is 741 g/mol. The van der Waals surface area contributed by atoms with E-state index in [2.05, 4.69) is 173 Å². The molecule has 270 valence electrons. The smallest absolute Gasteiger partial charge is 0.161 e. The maximum absolute atomic E-state index is 5.37. The zero-order chi connectivity index (χ0) is 37.0. The number of thiophene rings is 1. The largest absolute Gasteiger partial charge is 0.380 e. The molecule has 11 rings (SSSR count). The van der Waals surface area contributed by atoms with Crippen LogP contribution in [0.15, 0.2) is 179 Å². The number of rotatable bonds is 6. The lowest BCUT2D eigenvalue weighted by Gasteiger charge is -2.28. The summed E-state index contributed by atoms with van der Waals surface area (Å²) in [4.78, 5) is 10.7. The lowest BCUT2D eigenvalue weighted by atomic mass is 9.94. The van der Waals surface area contributed by atoms with Gasteiger partial charge in [-0.1, -0.05) is 115 Å². The molecule has 2 aliphatic carbocycles. The fourth-order valence-corrected chi connectivity index (χ4v) is 9.81. The number of nitrogens with zero attached hydrogens (tertiary/aromatic N) is 3. The number of para-hydroxylation sites is 1. The van der Waals surface area contributed by atoms with E-state index in [1.165, 1.54) is 64.4 Å². The Kier molecular flexibility index (Phi) is 8.02. The van der Waals surface area contributed by atoms with E-state index in [0.717, 1.165) is 59.8 Å². The Balaban J connectivity index is 1.15. The Morgan fingerprint density at radius 1 is 0.696 bits per heavy atom. The Hall–Kier alpha value is -6.50. The topological polar surface area (TPSA) is 53.7 Å². The van der Waals surface area contributed by atoms with E-state index in [4.69, 9.17) is 9.98 Å². The summed E-state index contributed by atoms with van der Waals surface area (Å²) in [6, 6.07) is 41.7. The highest BCUT2D eigenvalue weighted by Gasteiger charge is 2.27. The molecule has 5 aromatic carbocycles. The number of aromatic nitrogens is 1. The second-order valence-corrected chi connectivity index (χ2v) is 15.9. The summed E-state index contributed by atoms with van der Waals surface area (Å²) in [6.45, 7) is 0.700. The number of hydrogen-bond donors (Lipinski definition) is 2. The van der Waals surface area contributed by atoms with Crippen LogP contribution in [-0.4, -0.2) is 22.8 Å². The van der Waals surface area contributed by atoms with Gasteiger partial charge in [0.25, 0.3) is 0 Å². The number of amidine groups is 2. The fourth-order valence-electron chi connectivity index (χ4n) is 8.71. The van der Waals surface area contributed by atoms with Gasteiger partial charge < -0.3 is 15.2 Å². The number of fused-ring (bicyclic) bond motifs is 7. The van der Waals surface area contributed by atoms with Gasteiger partial charge in [0.15, 0.2) is 5.84 Å². The number of nitrogens with one attached hydrogen (secondary N) is 2. The maximum Gasteiger partial charge on any atom is 0.161 e. The molecule has 1 unspecified atom stereocenters. The lowest BCUT2D eigenvalue weighted by molar-refractivity contribution is 0.670. The average Bonchev–Trinajstić information content (AvgIpc) is 3.82. The van der Waals surface area contributed by atoms with Crippen LogP contribution in [0.2, 0.25) is 0 Å². The Labute approximate surface area is 329 Å². The first-order valence-corrected chi connectivity index (χ1v) is 20.4. The Morgan fingerprint density at radius 3 is 2.38 bits per heavy atom. The highest BCUT2D eigenvalue weighted by atomic mass is 32.1. The maximum atomic E-state index is 5.37. The highest BCUT2D eigenvalue weighted by molar-refractivity contribution is 7.26. The molecule has 0 amide bonds. The standard InChI is InChI=1S/C50H39N5S/c1-5-15-32(16-6-1)36-30-40(50-53-48(33-17-7-2-8-18-33)52-49(54-50)34-19-9-3-10-20-34)47(51-31-36)35-25-27-43-39(29-35)46-44(56-43)28-26-42-45(46)38-23-13-14-24-41(38)55(42)37-21-11-4-12-22-37/h1-3,5-9,11,13-19,21-30,48,51H,4,10,12,20,31H2,(H,52,53,54). The van der Waals surface area contributed by atoms with E-state index >= 15 is 0 Å². The number of dihydropyridines is 1. The molecule has 1 atom stereocenters. The number of hydrogen-bond acceptors (Lipinski definition) is 5. The molecule has 5 nitrogen and oxygen atoms in total. The van der Waals surface area contributed by atoms with Crippen LogP contribution in [0.5, 0.6) is 0 Å². The fraction of sp³-hybridized carbons (Fsp3) is 0.120. The van der Waals surface area contributed by atoms with Gasteiger partial charge in [-0.25, -0.2) is 9.98 Å². The third-order valence-electron chi connectivity index (χ3n) is 11.4. The van der Waals surface area contributed by atoms with Gasteiger partial charge in [0, 0.05) is 48.8 Å². The lowest BCUT2D eigenvalue weighted by Crippen LogP contribution is -2.35. The van der Waals surface area contributed by atoms with Crippen molar-refractivity contribution in [1.82, 2.24) is 15.2 Å². The molecule has 7 aromatic rings. The molecule has 0 saturated heterocycles. The summed E-state index contributed by atoms with van der Waals surface area (Å²) in [7, 11) is 0. The number of allylic oxidation sites excluding steroid dienone is 7. The van der Waals surface area contributed by atoms with Crippen LogP contribution in [0.25, 0.3) is 58.9 Å². The number of benzene rings is 5. The molecule has 4 aliphatic rings. The first-order chi connectivity index (χ1) is 27.8. The van der Waals surface area contributed by atoms with E-state index in [1.807, 2.05) is 11.3 Å². The van der Waals surface area contributed by atoms with Crippen molar-refractivity contribution >= 4 is 82.0 Å². The van der Waals surface area contributed by atoms with Gasteiger partial charge in [-0.2, -0.15) is 0 Å². The Bertz CT molecular complexity index is 2980. The van der Waals surface area contributed by atoms with Gasteiger partial charge in [0.05, 0.1) is 16.7 Å². The van der Waals surface area contributed by atoms with Crippen LogP contribution in [0.1, 0.15) is 48.5 Å². The number of aliphatic imine (C=N–C) groups is 2. The van der Waals surface area contributed by atoms with E-state index in [9.17, 15) is 0 Å². The molecule has 6 heteroatoms. The predicted octanol–water partition coefficient (Wildman–Crippen LogP) is 12.1. The van der Waals surface area contributed by atoms with Crippen molar-refractivity contribution < 1.29 is 0 Å². The SMILES string of the molecule is C1=CCCC(C2=NC(C3=C(c4ccc5sc6ccc7c(c8ccccc8n7C7=CCCC=C7)c6c5c4)NCC(c4ccccc4)=C3)=NC(c3ccccc3)N2)=C1. The van der Waals surface area contributed by atoms with Gasteiger partial charge in [-0.15, -0.1) is 11.3 Å². The predicted molar refractivity (Wildman–Crippen MR) is 238 cm³/mol. The molecular formula is C50H39N5S. The second kappa shape index (κ2) is 13.7. The van der Waals surface area contributed by atoms with E-state index < -0.39 is 0 Å². The summed E-state index contributed by atoms with van der Waals surface area (Å²) in [6.07, 6.45) is 19.6. The van der Waals surface area contributed by atoms with Crippen LogP contribution in [0.3, 0.4) is 0 Å². The molecule has 2 aromatic heterocycles. The second-order valence-electron chi connectivity index (χ2n) is 14.8. The van der Waals surface area contributed by atoms with E-state index in [0.29, 0.717) is 6.54 Å². The molecule has 56 heavy (non-hydrogen) atoms. The summed E-state index contributed by atoms with van der Waals surface area (Å²) in [5, 5.41) is 12.8. The zero-order valence-electron chi connectivity index (χ0n) is 30.9. The van der Waals surface area contributed by atoms with Crippen molar-refractivity contribution in [2.24, 2.45) is 9.98 Å². The van der Waals surface area contributed by atoms with Crippen molar-refractivity contribution in [2.45, 2.75) is 31.8 Å². The molecule has 0 fully saturated rings. The minimum atomic E-state index is -0.266. The normalized spacial score (nSPS) is 18.4. The molecule has 4 heterocycles. The molecule has 2 aliphatic heterocycles. The van der Waals surface area contributed by atoms with Crippen molar-refractivity contribution in [1.29, 1.82) is 0 Å². The average molecular weight is 742 g/mol. The summed E-state index contributed by atoms with van der Waals surface area (Å²) in [5.41, 5.74) is 11.6. The van der Waals surface area contributed by atoms with E-state index in [1.54, 1.807) is 0 Å². The van der Waals surface area contributed by atoms with Crippen LogP contribution in [0.4, 0.5) is 0 Å². The minimum absolute atomic E-state index is 0.266. The first-order valence-electron chi connectivity index (χ1n) is 19.6. The van der Waals surface area contributed by atoms with Crippen LogP contribution in [-0.2, 0) is 0 Å². The van der Waals surface area contributed by atoms with Crippen LogP contribution < -0.4 is 10.6 Å². The molecule has 0 bridgehead atoms. The van der Waals surface area contributed by atoms with Crippen molar-refractivity contribution in [3.63, 3.8) is 0 Å². The van der Waals surface area contributed by atoms with Crippen LogP contribution >= 0.6 is 11.3 Å². The molecule has 0 spiro atoms. The highest BCUT2D eigenvalue weighted by Crippen LogP contribution is 2.45. The van der Waals surface area contributed by atoms with Gasteiger partial charge in [0.1, 0.15) is 12.0 Å². The van der Waals surface area contributed by atoms with E-state index in [-0.39, 0.29) is 6.17 Å². The van der Waals surface area contributed by atoms with Gasteiger partial charge in [-0.05, 0) is 96.0 Å². The summed E-state index contributed by atoms with van der Waals surface area (Å²) < 4.78 is 5.04. The molecular weight excluding hydrogens is 703 g/mol. The summed E-state index contributed by atoms with van der Waals surface area (Å²) in [5.74, 6) is 1.62. The van der Waals surface area contributed by atoms with Gasteiger partial charge in [0.2, 0.25) is 0 Å². The summed E-state index contributed by atoms with van der Waals surface area (Å²) >= 11 is 1.87. The van der Waals surface area contributed by atoms with Crippen LogP contribution in [0, 0.1) is 0 Å². The third-order valence-corrected chi connectivity index (χ3v) is 12.5. The molecule has 0 radical (unpaired) electrons. The van der Waals surface area contributed by atoms with Crippen molar-refractivity contribution in [2.75, 3.05) is 6.54 Å².